The van der Waals surface area contributed by atoms with Crippen LogP contribution in [0.5, 0.6) is 0 Å². The van der Waals surface area contributed by atoms with Crippen molar-refractivity contribution in [2.75, 3.05) is 23.8 Å². The number of nitrogens with one attached hydrogen (secondary N) is 2. The van der Waals surface area contributed by atoms with Crippen LogP contribution in [0.2, 0.25) is 0 Å². The third kappa shape index (κ3) is 4.67. The number of amides is 3. The molecular weight excluding hydrogens is 322 g/mol. The Morgan fingerprint density at radius 1 is 1.24 bits per heavy atom. The van der Waals surface area contributed by atoms with Gasteiger partial charge in [0, 0.05) is 12.5 Å². The summed E-state index contributed by atoms with van der Waals surface area (Å²) in [6, 6.07) is 5.41. The predicted molar refractivity (Wildman–Crippen MR) is 94.8 cm³/mol. The van der Waals surface area contributed by atoms with Crippen LogP contribution in [0.25, 0.3) is 0 Å². The molecule has 0 saturated heterocycles. The molecule has 25 heavy (non-hydrogen) atoms. The number of aryl methyl sites for hydroxylation is 1. The van der Waals surface area contributed by atoms with E-state index in [0.29, 0.717) is 17.8 Å². The summed E-state index contributed by atoms with van der Waals surface area (Å²) in [5.41, 5.74) is 2.16. The number of carbonyl (C=O) groups is 3. The summed E-state index contributed by atoms with van der Waals surface area (Å²) in [6.45, 7) is 3.57. The minimum Gasteiger partial charge on any atom is -0.395 e. The lowest BCUT2D eigenvalue weighted by Gasteiger charge is -2.16. The number of hydrogen-bond donors (Lipinski definition) is 3. The third-order valence-corrected chi connectivity index (χ3v) is 3.81. The van der Waals surface area contributed by atoms with Crippen molar-refractivity contribution in [3.8, 4) is 0 Å². The van der Waals surface area contributed by atoms with Crippen molar-refractivity contribution in [3.63, 3.8) is 0 Å². The Morgan fingerprint density at radius 3 is 2.68 bits per heavy atom. The number of β-amino-alcohol motifs (C(OH)–C–C–N with tert-alkyl or cyclic N) is 1. The first kappa shape index (κ1) is 18.7. The van der Waals surface area contributed by atoms with Crippen LogP contribution < -0.4 is 10.6 Å². The molecule has 1 aliphatic rings. The first-order chi connectivity index (χ1) is 12.0. The number of aliphatic hydroxyl groups excluding tert-OH is 1. The van der Waals surface area contributed by atoms with Crippen molar-refractivity contribution < 1.29 is 19.5 Å². The van der Waals surface area contributed by atoms with Gasteiger partial charge in [0.25, 0.3) is 11.8 Å². The molecule has 1 aliphatic heterocycles. The fourth-order valence-corrected chi connectivity index (χ4v) is 2.48. The van der Waals surface area contributed by atoms with Crippen molar-refractivity contribution in [2.45, 2.75) is 33.1 Å². The second-order valence-corrected chi connectivity index (χ2v) is 5.90. The second kappa shape index (κ2) is 8.43. The van der Waals surface area contributed by atoms with Crippen LogP contribution in [0.3, 0.4) is 0 Å². The van der Waals surface area contributed by atoms with Gasteiger partial charge in [0.1, 0.15) is 5.70 Å². The Morgan fingerprint density at radius 2 is 2.00 bits per heavy atom. The molecule has 134 valence electrons. The molecule has 2 rings (SSSR count). The fourth-order valence-electron chi connectivity index (χ4n) is 2.48. The van der Waals surface area contributed by atoms with Gasteiger partial charge in [-0.1, -0.05) is 19.4 Å². The average molecular weight is 345 g/mol. The zero-order chi connectivity index (χ0) is 18.4. The van der Waals surface area contributed by atoms with E-state index in [1.165, 1.54) is 6.08 Å². The summed E-state index contributed by atoms with van der Waals surface area (Å²) in [4.78, 5) is 37.0. The summed E-state index contributed by atoms with van der Waals surface area (Å²) < 4.78 is 0. The van der Waals surface area contributed by atoms with Gasteiger partial charge in [-0.3, -0.25) is 19.3 Å². The molecule has 0 saturated carbocycles. The van der Waals surface area contributed by atoms with Crippen molar-refractivity contribution in [3.05, 3.63) is 35.5 Å². The third-order valence-electron chi connectivity index (χ3n) is 3.81. The topological polar surface area (TPSA) is 98.7 Å². The van der Waals surface area contributed by atoms with Gasteiger partial charge >= 0.3 is 0 Å². The maximum Gasteiger partial charge on any atom is 0.277 e. The van der Waals surface area contributed by atoms with Crippen LogP contribution in [0, 0.1) is 6.92 Å². The summed E-state index contributed by atoms with van der Waals surface area (Å²) in [6.07, 6.45) is 3.35. The lowest BCUT2D eigenvalue weighted by molar-refractivity contribution is -0.137. The van der Waals surface area contributed by atoms with E-state index < -0.39 is 11.8 Å². The Balaban J connectivity index is 2.17. The molecule has 0 fully saturated rings. The minimum absolute atomic E-state index is 0.0478. The van der Waals surface area contributed by atoms with Crippen LogP contribution in [0.1, 0.15) is 31.7 Å². The van der Waals surface area contributed by atoms with Gasteiger partial charge < -0.3 is 15.7 Å². The van der Waals surface area contributed by atoms with Gasteiger partial charge in [0.15, 0.2) is 0 Å². The SMILES string of the molecule is CCCCC(=O)Nc1ccc(C)cc1NC1=CC(=O)N(CCO)C1=O. The van der Waals surface area contributed by atoms with Crippen molar-refractivity contribution >= 4 is 29.1 Å². The summed E-state index contributed by atoms with van der Waals surface area (Å²) >= 11 is 0. The molecule has 1 aromatic carbocycles. The van der Waals surface area contributed by atoms with Crippen molar-refractivity contribution in [2.24, 2.45) is 0 Å². The number of rotatable bonds is 8. The normalized spacial score (nSPS) is 13.9. The largest absolute Gasteiger partial charge is 0.395 e. The Hall–Kier alpha value is -2.67. The van der Waals surface area contributed by atoms with Gasteiger partial charge in [0.2, 0.25) is 5.91 Å². The van der Waals surface area contributed by atoms with Crippen LogP contribution in [-0.2, 0) is 14.4 Å². The van der Waals surface area contributed by atoms with Crippen LogP contribution in [0.15, 0.2) is 30.0 Å². The molecule has 3 N–H and O–H groups in total. The number of imide groups is 1. The Bertz CT molecular complexity index is 712. The van der Waals surface area contributed by atoms with Gasteiger partial charge in [-0.2, -0.15) is 0 Å². The molecule has 7 nitrogen and oxygen atoms in total. The number of anilines is 2. The maximum atomic E-state index is 12.2. The number of aliphatic hydroxyl groups is 1. The minimum atomic E-state index is -0.496. The molecular formula is C18H23N3O4. The molecule has 0 aromatic heterocycles. The lowest BCUT2D eigenvalue weighted by atomic mass is 10.1. The molecule has 1 aromatic rings. The first-order valence-corrected chi connectivity index (χ1v) is 8.32. The number of unbranched alkanes of at least 4 members (excludes halogenated alkanes) is 1. The highest BCUT2D eigenvalue weighted by Crippen LogP contribution is 2.26. The molecule has 0 unspecified atom stereocenters. The van der Waals surface area contributed by atoms with E-state index in [1.54, 1.807) is 12.1 Å². The summed E-state index contributed by atoms with van der Waals surface area (Å²) in [7, 11) is 0. The highest BCUT2D eigenvalue weighted by molar-refractivity contribution is 6.17. The Kier molecular flexibility index (Phi) is 6.30. The van der Waals surface area contributed by atoms with Crippen molar-refractivity contribution in [1.82, 2.24) is 4.90 Å². The highest BCUT2D eigenvalue weighted by atomic mass is 16.3. The van der Waals surface area contributed by atoms with E-state index in [4.69, 9.17) is 5.11 Å². The van der Waals surface area contributed by atoms with Gasteiger partial charge in [-0.15, -0.1) is 0 Å². The van der Waals surface area contributed by atoms with Crippen LogP contribution in [-0.4, -0.2) is 40.9 Å². The standard InChI is InChI=1S/C18H23N3O4/c1-3-4-5-16(23)20-13-7-6-12(2)10-14(13)19-15-11-17(24)21(8-9-22)18(15)25/h6-7,10-11,19,22H,3-5,8-9H2,1-2H3,(H,20,23). The monoisotopic (exact) mass is 345 g/mol. The molecule has 3 amide bonds. The maximum absolute atomic E-state index is 12.2. The number of carbonyl (C=O) groups excluding carboxylic acids is 3. The van der Waals surface area contributed by atoms with Gasteiger partial charge in [-0.25, -0.2) is 0 Å². The average Bonchev–Trinajstić information content (AvgIpc) is 2.83. The Labute approximate surface area is 146 Å². The number of nitrogens with zero attached hydrogens (tertiary/aromatic N) is 1. The number of benzene rings is 1. The molecule has 0 bridgehead atoms. The lowest BCUT2D eigenvalue weighted by Crippen LogP contribution is -2.34. The molecule has 0 spiro atoms. The summed E-state index contributed by atoms with van der Waals surface area (Å²) in [5.74, 6) is -1.06. The van der Waals surface area contributed by atoms with E-state index >= 15 is 0 Å². The smallest absolute Gasteiger partial charge is 0.277 e. The number of hydrogen-bond acceptors (Lipinski definition) is 5. The van der Waals surface area contributed by atoms with Gasteiger partial charge in [-0.05, 0) is 31.0 Å². The second-order valence-electron chi connectivity index (χ2n) is 5.90. The summed E-state index contributed by atoms with van der Waals surface area (Å²) in [5, 5.41) is 14.7. The quantitative estimate of drug-likeness (QED) is 0.624. The molecule has 0 aliphatic carbocycles. The van der Waals surface area contributed by atoms with Gasteiger partial charge in [0.05, 0.1) is 24.5 Å². The van der Waals surface area contributed by atoms with Crippen molar-refractivity contribution in [1.29, 1.82) is 0 Å². The highest BCUT2D eigenvalue weighted by Gasteiger charge is 2.31. The predicted octanol–water partition coefficient (Wildman–Crippen LogP) is 1.78. The van der Waals surface area contributed by atoms with E-state index in [-0.39, 0.29) is 24.8 Å². The fraction of sp³-hybridized carbons (Fsp3) is 0.389. The van der Waals surface area contributed by atoms with Crippen LogP contribution in [0.4, 0.5) is 11.4 Å². The molecule has 7 heteroatoms. The zero-order valence-electron chi connectivity index (χ0n) is 14.5. The van der Waals surface area contributed by atoms with E-state index in [9.17, 15) is 14.4 Å². The van der Waals surface area contributed by atoms with Crippen LogP contribution >= 0.6 is 0 Å². The molecule has 1 heterocycles. The molecule has 0 atom stereocenters. The first-order valence-electron chi connectivity index (χ1n) is 8.32. The zero-order valence-corrected chi connectivity index (χ0v) is 14.5. The van der Waals surface area contributed by atoms with E-state index in [0.717, 1.165) is 23.3 Å². The van der Waals surface area contributed by atoms with E-state index in [2.05, 4.69) is 10.6 Å². The molecule has 0 radical (unpaired) electrons. The van der Waals surface area contributed by atoms with E-state index in [1.807, 2.05) is 19.9 Å².